The minimum Gasteiger partial charge on any atom is -0.451 e. The highest BCUT2D eigenvalue weighted by molar-refractivity contribution is 7.90. The summed E-state index contributed by atoms with van der Waals surface area (Å²) in [4.78, 5) is 12.5. The molecule has 1 aromatic heterocycles. The van der Waals surface area contributed by atoms with Crippen LogP contribution in [0.3, 0.4) is 0 Å². The van der Waals surface area contributed by atoms with Gasteiger partial charge >= 0.3 is 0 Å². The topological polar surface area (TPSA) is 76.4 Å². The Morgan fingerprint density at radius 3 is 2.46 bits per heavy atom. The first-order chi connectivity index (χ1) is 11.3. The van der Waals surface area contributed by atoms with E-state index in [-0.39, 0.29) is 16.6 Å². The molecule has 0 aliphatic heterocycles. The summed E-state index contributed by atoms with van der Waals surface area (Å²) >= 11 is 0. The van der Waals surface area contributed by atoms with Gasteiger partial charge in [-0.3, -0.25) is 4.79 Å². The minimum absolute atomic E-state index is 0.253. The highest BCUT2D eigenvalue weighted by Crippen LogP contribution is 2.20. The van der Waals surface area contributed by atoms with Crippen molar-refractivity contribution >= 4 is 26.7 Å². The molecule has 0 bridgehead atoms. The van der Waals surface area contributed by atoms with E-state index in [2.05, 4.69) is 5.32 Å². The van der Waals surface area contributed by atoms with Crippen LogP contribution in [-0.4, -0.2) is 20.6 Å². The molecule has 0 saturated carbocycles. The second-order valence-corrected chi connectivity index (χ2v) is 7.77. The number of nitrogens with one attached hydrogen (secondary N) is 1. The Balaban J connectivity index is 1.70. The molecule has 1 heterocycles. The predicted molar refractivity (Wildman–Crippen MR) is 91.7 cm³/mol. The van der Waals surface area contributed by atoms with Gasteiger partial charge in [-0.25, -0.2) is 8.42 Å². The minimum atomic E-state index is -3.21. The second-order valence-electron chi connectivity index (χ2n) is 5.75. The van der Waals surface area contributed by atoms with Crippen molar-refractivity contribution in [3.63, 3.8) is 0 Å². The molecule has 6 heteroatoms. The molecule has 0 unspecified atom stereocenters. The van der Waals surface area contributed by atoms with Gasteiger partial charge in [-0.1, -0.05) is 24.3 Å². The fourth-order valence-corrected chi connectivity index (χ4v) is 3.00. The van der Waals surface area contributed by atoms with E-state index in [0.717, 1.165) is 22.8 Å². The van der Waals surface area contributed by atoms with Crippen molar-refractivity contribution in [2.75, 3.05) is 6.26 Å². The van der Waals surface area contributed by atoms with Crippen molar-refractivity contribution < 1.29 is 17.6 Å². The SMILES string of the molecule is Cc1ccc2cc(C(=O)NCc3ccc(S(C)(=O)=O)cc3)oc2c1. The fraction of sp³-hybridized carbons (Fsp3) is 0.167. The largest absolute Gasteiger partial charge is 0.451 e. The van der Waals surface area contributed by atoms with E-state index in [1.807, 2.05) is 25.1 Å². The Morgan fingerprint density at radius 1 is 1.08 bits per heavy atom. The number of amides is 1. The number of hydrogen-bond donors (Lipinski definition) is 1. The molecule has 0 aliphatic carbocycles. The summed E-state index contributed by atoms with van der Waals surface area (Å²) in [7, 11) is -3.21. The number of sulfone groups is 1. The zero-order valence-corrected chi connectivity index (χ0v) is 14.2. The molecular formula is C18H17NO4S. The maximum atomic E-state index is 12.2. The molecule has 0 radical (unpaired) electrons. The summed E-state index contributed by atoms with van der Waals surface area (Å²) in [6, 6.07) is 13.9. The Bertz CT molecular complexity index is 1000. The number of carbonyl (C=O) groups is 1. The molecule has 0 atom stereocenters. The van der Waals surface area contributed by atoms with Crippen molar-refractivity contribution in [1.82, 2.24) is 5.32 Å². The number of benzene rings is 2. The summed E-state index contributed by atoms with van der Waals surface area (Å²) in [5.41, 5.74) is 2.55. The van der Waals surface area contributed by atoms with E-state index < -0.39 is 9.84 Å². The van der Waals surface area contributed by atoms with Crippen LogP contribution in [0.4, 0.5) is 0 Å². The molecule has 0 saturated heterocycles. The highest BCUT2D eigenvalue weighted by atomic mass is 32.2. The normalized spacial score (nSPS) is 11.6. The van der Waals surface area contributed by atoms with Crippen molar-refractivity contribution in [3.8, 4) is 0 Å². The summed E-state index contributed by atoms with van der Waals surface area (Å²) < 4.78 is 28.4. The highest BCUT2D eigenvalue weighted by Gasteiger charge is 2.12. The van der Waals surface area contributed by atoms with Crippen molar-refractivity contribution in [2.24, 2.45) is 0 Å². The first-order valence-corrected chi connectivity index (χ1v) is 9.29. The Kier molecular flexibility index (Phi) is 4.15. The van der Waals surface area contributed by atoms with Gasteiger partial charge in [-0.05, 0) is 42.3 Å². The molecular weight excluding hydrogens is 326 g/mol. The molecule has 3 aromatic rings. The van der Waals surface area contributed by atoms with E-state index in [4.69, 9.17) is 4.42 Å². The Labute approximate surface area is 140 Å². The zero-order chi connectivity index (χ0) is 17.3. The van der Waals surface area contributed by atoms with Crippen molar-refractivity contribution in [3.05, 3.63) is 65.4 Å². The summed E-state index contributed by atoms with van der Waals surface area (Å²) in [5, 5.41) is 3.64. The van der Waals surface area contributed by atoms with Crippen LogP contribution in [0.25, 0.3) is 11.0 Å². The average molecular weight is 343 g/mol. The van der Waals surface area contributed by atoms with E-state index in [9.17, 15) is 13.2 Å². The number of hydrogen-bond acceptors (Lipinski definition) is 4. The average Bonchev–Trinajstić information content (AvgIpc) is 2.95. The summed E-state index contributed by atoms with van der Waals surface area (Å²) in [6.07, 6.45) is 1.16. The first kappa shape index (κ1) is 16.3. The van der Waals surface area contributed by atoms with Crippen LogP contribution >= 0.6 is 0 Å². The third kappa shape index (κ3) is 3.49. The third-order valence-corrected chi connectivity index (χ3v) is 4.83. The summed E-state index contributed by atoms with van der Waals surface area (Å²) in [5.74, 6) is -0.0561. The van der Waals surface area contributed by atoms with Crippen LogP contribution in [0.1, 0.15) is 21.7 Å². The molecule has 1 amide bonds. The molecule has 1 N–H and O–H groups in total. The van der Waals surface area contributed by atoms with Gasteiger partial charge in [-0.2, -0.15) is 0 Å². The van der Waals surface area contributed by atoms with Crippen LogP contribution in [0.15, 0.2) is 57.8 Å². The molecule has 124 valence electrons. The standard InChI is InChI=1S/C18H17NO4S/c1-12-3-6-14-10-17(23-16(14)9-12)18(20)19-11-13-4-7-15(8-5-13)24(2,21)22/h3-10H,11H2,1-2H3,(H,19,20). The van der Waals surface area contributed by atoms with Gasteiger partial charge in [0.05, 0.1) is 4.90 Å². The fourth-order valence-electron chi connectivity index (χ4n) is 2.37. The molecule has 24 heavy (non-hydrogen) atoms. The lowest BCUT2D eigenvalue weighted by Crippen LogP contribution is -2.22. The van der Waals surface area contributed by atoms with Gasteiger partial charge in [0.15, 0.2) is 15.6 Å². The molecule has 3 rings (SSSR count). The zero-order valence-electron chi connectivity index (χ0n) is 13.4. The van der Waals surface area contributed by atoms with Crippen LogP contribution in [0.5, 0.6) is 0 Å². The molecule has 2 aromatic carbocycles. The number of aryl methyl sites for hydroxylation is 1. The number of fused-ring (bicyclic) bond motifs is 1. The van der Waals surface area contributed by atoms with E-state index in [0.29, 0.717) is 12.1 Å². The number of rotatable bonds is 4. The third-order valence-electron chi connectivity index (χ3n) is 3.70. The van der Waals surface area contributed by atoms with Gasteiger partial charge in [0.25, 0.3) is 5.91 Å². The van der Waals surface area contributed by atoms with Crippen LogP contribution < -0.4 is 5.32 Å². The monoisotopic (exact) mass is 343 g/mol. The molecule has 0 fully saturated rings. The van der Waals surface area contributed by atoms with Gasteiger partial charge < -0.3 is 9.73 Å². The lowest BCUT2D eigenvalue weighted by molar-refractivity contribution is 0.0925. The predicted octanol–water partition coefficient (Wildman–Crippen LogP) is 3.07. The molecule has 0 aliphatic rings. The van der Waals surface area contributed by atoms with Crippen molar-refractivity contribution in [2.45, 2.75) is 18.4 Å². The smallest absolute Gasteiger partial charge is 0.287 e. The van der Waals surface area contributed by atoms with Gasteiger partial charge in [0.2, 0.25) is 0 Å². The van der Waals surface area contributed by atoms with Crippen LogP contribution in [0, 0.1) is 6.92 Å². The number of carbonyl (C=O) groups excluding carboxylic acids is 1. The first-order valence-electron chi connectivity index (χ1n) is 7.40. The van der Waals surface area contributed by atoms with E-state index in [1.165, 1.54) is 12.1 Å². The van der Waals surface area contributed by atoms with E-state index in [1.54, 1.807) is 18.2 Å². The second kappa shape index (κ2) is 6.13. The maximum absolute atomic E-state index is 12.2. The molecule has 5 nitrogen and oxygen atoms in total. The molecule has 0 spiro atoms. The Hall–Kier alpha value is -2.60. The lowest BCUT2D eigenvalue weighted by Gasteiger charge is -2.04. The number of furan rings is 1. The van der Waals surface area contributed by atoms with Gasteiger partial charge in [0, 0.05) is 18.2 Å². The maximum Gasteiger partial charge on any atom is 0.287 e. The van der Waals surface area contributed by atoms with Gasteiger partial charge in [-0.15, -0.1) is 0 Å². The van der Waals surface area contributed by atoms with Gasteiger partial charge in [0.1, 0.15) is 5.58 Å². The quantitative estimate of drug-likeness (QED) is 0.790. The van der Waals surface area contributed by atoms with E-state index >= 15 is 0 Å². The van der Waals surface area contributed by atoms with Crippen LogP contribution in [-0.2, 0) is 16.4 Å². The van der Waals surface area contributed by atoms with Crippen LogP contribution in [0.2, 0.25) is 0 Å². The lowest BCUT2D eigenvalue weighted by atomic mass is 10.2. The summed E-state index contributed by atoms with van der Waals surface area (Å²) in [6.45, 7) is 2.25. The van der Waals surface area contributed by atoms with Crippen molar-refractivity contribution in [1.29, 1.82) is 0 Å². The Morgan fingerprint density at radius 2 is 1.79 bits per heavy atom.